The van der Waals surface area contributed by atoms with E-state index in [4.69, 9.17) is 9.15 Å². The molecule has 3 saturated heterocycles. The molecule has 3 nitrogen and oxygen atoms in total. The Morgan fingerprint density at radius 3 is 2.58 bits per heavy atom. The molecule has 0 N–H and O–H groups in total. The molecule has 24 heavy (non-hydrogen) atoms. The van der Waals surface area contributed by atoms with Crippen molar-refractivity contribution < 1.29 is 9.15 Å². The SMILES string of the molecule is Cl.c1ccc2c(c1)oc1ccc(OCC3CN4CCC3CC4)cc12. The molecule has 0 aliphatic carbocycles. The highest BCUT2D eigenvalue weighted by atomic mass is 35.5. The molecule has 6 rings (SSSR count). The molecule has 0 saturated carbocycles. The third-order valence-electron chi connectivity index (χ3n) is 5.60. The van der Waals surface area contributed by atoms with Crippen LogP contribution >= 0.6 is 12.4 Å². The zero-order valence-electron chi connectivity index (χ0n) is 13.6. The number of rotatable bonds is 3. The summed E-state index contributed by atoms with van der Waals surface area (Å²) in [6.45, 7) is 4.62. The predicted molar refractivity (Wildman–Crippen MR) is 99.1 cm³/mol. The number of halogens is 1. The van der Waals surface area contributed by atoms with Gasteiger partial charge in [-0.15, -0.1) is 12.4 Å². The minimum absolute atomic E-state index is 0. The monoisotopic (exact) mass is 343 g/mol. The van der Waals surface area contributed by atoms with E-state index >= 15 is 0 Å². The number of benzene rings is 2. The van der Waals surface area contributed by atoms with E-state index < -0.39 is 0 Å². The van der Waals surface area contributed by atoms with Gasteiger partial charge in [-0.05, 0) is 56.1 Å². The molecule has 1 atom stereocenters. The second-order valence-corrected chi connectivity index (χ2v) is 6.97. The summed E-state index contributed by atoms with van der Waals surface area (Å²) in [5, 5.41) is 2.31. The maximum atomic E-state index is 6.16. The van der Waals surface area contributed by atoms with Gasteiger partial charge in [-0.2, -0.15) is 0 Å². The Hall–Kier alpha value is -1.71. The van der Waals surface area contributed by atoms with Crippen LogP contribution in [0.5, 0.6) is 5.75 Å². The van der Waals surface area contributed by atoms with Gasteiger partial charge < -0.3 is 14.1 Å². The number of piperidine rings is 3. The van der Waals surface area contributed by atoms with Gasteiger partial charge in [0.05, 0.1) is 6.61 Å². The van der Waals surface area contributed by atoms with Crippen molar-refractivity contribution >= 4 is 34.3 Å². The first-order chi connectivity index (χ1) is 11.4. The summed E-state index contributed by atoms with van der Waals surface area (Å²) in [4.78, 5) is 2.58. The number of hydrogen-bond donors (Lipinski definition) is 0. The van der Waals surface area contributed by atoms with Gasteiger partial charge in [0.15, 0.2) is 0 Å². The van der Waals surface area contributed by atoms with Gasteiger partial charge in [0, 0.05) is 23.2 Å². The lowest BCUT2D eigenvalue weighted by Gasteiger charge is -2.44. The summed E-state index contributed by atoms with van der Waals surface area (Å²) in [5.74, 6) is 2.51. The third-order valence-corrected chi connectivity index (χ3v) is 5.60. The van der Waals surface area contributed by atoms with Crippen LogP contribution in [0.1, 0.15) is 12.8 Å². The van der Waals surface area contributed by atoms with Gasteiger partial charge in [0.1, 0.15) is 16.9 Å². The summed E-state index contributed by atoms with van der Waals surface area (Å²) < 4.78 is 12.0. The Labute approximate surface area is 148 Å². The van der Waals surface area contributed by atoms with Crippen LogP contribution in [0, 0.1) is 11.8 Å². The van der Waals surface area contributed by atoms with Gasteiger partial charge in [-0.3, -0.25) is 0 Å². The fourth-order valence-electron chi connectivity index (χ4n) is 4.27. The second-order valence-electron chi connectivity index (χ2n) is 6.97. The Kier molecular flexibility index (Phi) is 4.15. The van der Waals surface area contributed by atoms with Crippen molar-refractivity contribution in [2.75, 3.05) is 26.2 Å². The molecule has 3 aliphatic heterocycles. The predicted octanol–water partition coefficient (Wildman–Crippen LogP) is 4.73. The number of ether oxygens (including phenoxy) is 1. The number of hydrogen-bond acceptors (Lipinski definition) is 3. The summed E-state index contributed by atoms with van der Waals surface area (Å²) in [7, 11) is 0. The number of furan rings is 1. The van der Waals surface area contributed by atoms with Gasteiger partial charge in [-0.1, -0.05) is 18.2 Å². The van der Waals surface area contributed by atoms with E-state index in [1.165, 1.54) is 32.5 Å². The zero-order valence-corrected chi connectivity index (χ0v) is 14.4. The standard InChI is InChI=1S/C20H21NO2.ClH/c1-2-4-19-17(3-1)18-11-16(5-6-20(18)23-19)22-13-15-12-21-9-7-14(15)8-10-21;/h1-6,11,14-15H,7-10,12-13H2;1H. The highest BCUT2D eigenvalue weighted by Crippen LogP contribution is 2.34. The Bertz CT molecular complexity index is 851. The van der Waals surface area contributed by atoms with E-state index in [9.17, 15) is 0 Å². The van der Waals surface area contributed by atoms with E-state index in [1.807, 2.05) is 24.3 Å². The number of nitrogens with zero attached hydrogens (tertiary/aromatic N) is 1. The first-order valence-electron chi connectivity index (χ1n) is 8.63. The lowest BCUT2D eigenvalue weighted by atomic mass is 9.79. The van der Waals surface area contributed by atoms with Crippen molar-refractivity contribution in [3.8, 4) is 5.75 Å². The quantitative estimate of drug-likeness (QED) is 0.687. The average molecular weight is 344 g/mol. The Morgan fingerprint density at radius 2 is 1.79 bits per heavy atom. The third kappa shape index (κ3) is 2.66. The zero-order chi connectivity index (χ0) is 15.2. The van der Waals surface area contributed by atoms with Crippen molar-refractivity contribution in [2.45, 2.75) is 12.8 Å². The molecule has 3 fully saturated rings. The highest BCUT2D eigenvalue weighted by Gasteiger charge is 2.34. The molecule has 1 aromatic heterocycles. The van der Waals surface area contributed by atoms with Gasteiger partial charge >= 0.3 is 0 Å². The summed E-state index contributed by atoms with van der Waals surface area (Å²) in [6.07, 6.45) is 2.69. The molecule has 2 bridgehead atoms. The molecule has 4 heteroatoms. The average Bonchev–Trinajstić information content (AvgIpc) is 2.99. The molecule has 2 aromatic carbocycles. The maximum absolute atomic E-state index is 6.16. The first kappa shape index (κ1) is 15.8. The molecule has 3 aromatic rings. The molecule has 0 spiro atoms. The molecular weight excluding hydrogens is 322 g/mol. The fourth-order valence-corrected chi connectivity index (χ4v) is 4.27. The molecule has 0 amide bonds. The fraction of sp³-hybridized carbons (Fsp3) is 0.400. The summed E-state index contributed by atoms with van der Waals surface area (Å²) in [5.41, 5.74) is 1.87. The van der Waals surface area contributed by atoms with Crippen molar-refractivity contribution in [3.05, 3.63) is 42.5 Å². The molecule has 126 valence electrons. The normalized spacial score (nSPS) is 25.8. The lowest BCUT2D eigenvalue weighted by molar-refractivity contribution is 0.0257. The number of para-hydroxylation sites is 1. The second kappa shape index (κ2) is 6.30. The molecule has 0 radical (unpaired) electrons. The largest absolute Gasteiger partial charge is 0.493 e. The summed E-state index contributed by atoms with van der Waals surface area (Å²) >= 11 is 0. The molecular formula is C20H22ClNO2. The minimum atomic E-state index is 0. The Morgan fingerprint density at radius 1 is 1.00 bits per heavy atom. The van der Waals surface area contributed by atoms with Crippen LogP contribution in [0.4, 0.5) is 0 Å². The Balaban J connectivity index is 0.00000146. The van der Waals surface area contributed by atoms with Gasteiger partial charge in [-0.25, -0.2) is 0 Å². The van der Waals surface area contributed by atoms with Crippen molar-refractivity contribution in [2.24, 2.45) is 11.8 Å². The molecule has 3 aliphatic rings. The van der Waals surface area contributed by atoms with Crippen molar-refractivity contribution in [3.63, 3.8) is 0 Å². The lowest BCUT2D eigenvalue weighted by Crippen LogP contribution is -2.49. The van der Waals surface area contributed by atoms with E-state index in [1.54, 1.807) is 0 Å². The minimum Gasteiger partial charge on any atom is -0.493 e. The van der Waals surface area contributed by atoms with Crippen LogP contribution in [-0.2, 0) is 0 Å². The van der Waals surface area contributed by atoms with E-state index in [2.05, 4.69) is 23.1 Å². The van der Waals surface area contributed by atoms with Crippen molar-refractivity contribution in [1.29, 1.82) is 0 Å². The maximum Gasteiger partial charge on any atom is 0.135 e. The first-order valence-corrected chi connectivity index (χ1v) is 8.63. The number of fused-ring (bicyclic) bond motifs is 6. The van der Waals surface area contributed by atoms with Gasteiger partial charge in [0.25, 0.3) is 0 Å². The van der Waals surface area contributed by atoms with E-state index in [0.717, 1.165) is 40.2 Å². The van der Waals surface area contributed by atoms with E-state index in [0.29, 0.717) is 5.92 Å². The van der Waals surface area contributed by atoms with Crippen molar-refractivity contribution in [1.82, 2.24) is 4.90 Å². The van der Waals surface area contributed by atoms with Crippen LogP contribution in [0.3, 0.4) is 0 Å². The van der Waals surface area contributed by atoms with Crippen LogP contribution in [0.25, 0.3) is 21.9 Å². The smallest absolute Gasteiger partial charge is 0.135 e. The van der Waals surface area contributed by atoms with Crippen LogP contribution in [-0.4, -0.2) is 31.1 Å². The van der Waals surface area contributed by atoms with Crippen LogP contribution in [0.15, 0.2) is 46.9 Å². The molecule has 4 heterocycles. The molecule has 1 unspecified atom stereocenters. The van der Waals surface area contributed by atoms with Crippen LogP contribution in [0.2, 0.25) is 0 Å². The van der Waals surface area contributed by atoms with E-state index in [-0.39, 0.29) is 12.4 Å². The van der Waals surface area contributed by atoms with Gasteiger partial charge in [0.2, 0.25) is 0 Å². The van der Waals surface area contributed by atoms with Crippen LogP contribution < -0.4 is 4.74 Å². The summed E-state index contributed by atoms with van der Waals surface area (Å²) in [6, 6.07) is 14.4. The highest BCUT2D eigenvalue weighted by molar-refractivity contribution is 6.05. The topological polar surface area (TPSA) is 25.6 Å².